The molecule has 6 heteroatoms. The van der Waals surface area contributed by atoms with E-state index in [0.717, 1.165) is 58.1 Å². The van der Waals surface area contributed by atoms with E-state index in [1.807, 2.05) is 48.2 Å². The molecule has 2 heterocycles. The number of aromatic nitrogens is 4. The van der Waals surface area contributed by atoms with Crippen LogP contribution in [-0.2, 0) is 29.9 Å². The Kier molecular flexibility index (Phi) is 5.61. The molecule has 24 heavy (non-hydrogen) atoms. The largest absolute Gasteiger partial charge is 0.342 e. The third-order valence-electron chi connectivity index (χ3n) is 3.84. The second-order valence-electron chi connectivity index (χ2n) is 5.51. The number of thioether (sulfide) groups is 1. The summed E-state index contributed by atoms with van der Waals surface area (Å²) in [4.78, 5) is 16.0. The average Bonchev–Trinajstić information content (AvgIpc) is 3.17. The third-order valence-corrected chi connectivity index (χ3v) is 4.83. The van der Waals surface area contributed by atoms with Gasteiger partial charge >= 0.3 is 0 Å². The van der Waals surface area contributed by atoms with Crippen LogP contribution in [0, 0.1) is 0 Å². The summed E-state index contributed by atoms with van der Waals surface area (Å²) in [5.74, 6) is 4.28. The number of para-hydroxylation sites is 4. The molecule has 2 N–H and O–H groups in total. The van der Waals surface area contributed by atoms with Crippen LogP contribution >= 0.6 is 11.8 Å². The fraction of sp³-hybridized carbons (Fsp3) is 0.222. The van der Waals surface area contributed by atoms with Crippen LogP contribution in [0.5, 0.6) is 0 Å². The van der Waals surface area contributed by atoms with Crippen molar-refractivity contribution < 1.29 is 17.1 Å². The number of benzene rings is 2. The number of hydrogen-bond acceptors (Lipinski definition) is 3. The first-order valence-electron chi connectivity index (χ1n) is 7.83. The van der Waals surface area contributed by atoms with Gasteiger partial charge in [0.2, 0.25) is 0 Å². The Morgan fingerprint density at radius 3 is 1.62 bits per heavy atom. The first-order valence-corrected chi connectivity index (χ1v) is 8.99. The van der Waals surface area contributed by atoms with Crippen molar-refractivity contribution in [3.8, 4) is 0 Å². The summed E-state index contributed by atoms with van der Waals surface area (Å²) in [6, 6.07) is 16.3. The molecular formula is C18H18CuN4S. The van der Waals surface area contributed by atoms with E-state index in [2.05, 4.69) is 32.1 Å². The quantitative estimate of drug-likeness (QED) is 0.390. The summed E-state index contributed by atoms with van der Waals surface area (Å²) < 4.78 is 0. The molecule has 0 saturated heterocycles. The fourth-order valence-electron chi connectivity index (χ4n) is 2.69. The van der Waals surface area contributed by atoms with Crippen LogP contribution < -0.4 is 0 Å². The molecule has 0 spiro atoms. The van der Waals surface area contributed by atoms with Gasteiger partial charge in [0.05, 0.1) is 22.1 Å². The van der Waals surface area contributed by atoms with Crippen LogP contribution in [0.1, 0.15) is 11.6 Å². The fourth-order valence-corrected chi connectivity index (χ4v) is 3.57. The predicted molar refractivity (Wildman–Crippen MR) is 96.9 cm³/mol. The van der Waals surface area contributed by atoms with E-state index >= 15 is 0 Å². The molecule has 127 valence electrons. The van der Waals surface area contributed by atoms with Crippen molar-refractivity contribution in [2.24, 2.45) is 0 Å². The van der Waals surface area contributed by atoms with Crippen LogP contribution in [0.3, 0.4) is 0 Å². The first kappa shape index (κ1) is 17.1. The number of H-pyrrole nitrogens is 2. The monoisotopic (exact) mass is 385 g/mol. The molecule has 4 aromatic rings. The van der Waals surface area contributed by atoms with Crippen molar-refractivity contribution in [3.63, 3.8) is 0 Å². The van der Waals surface area contributed by atoms with Gasteiger partial charge in [-0.25, -0.2) is 9.97 Å². The van der Waals surface area contributed by atoms with Crippen molar-refractivity contribution in [2.45, 2.75) is 12.8 Å². The maximum atomic E-state index is 4.61. The molecule has 0 atom stereocenters. The summed E-state index contributed by atoms with van der Waals surface area (Å²) in [6.45, 7) is 0. The topological polar surface area (TPSA) is 57.4 Å². The van der Waals surface area contributed by atoms with E-state index in [1.165, 1.54) is 0 Å². The van der Waals surface area contributed by atoms with Gasteiger partial charge in [-0.3, -0.25) is 0 Å². The van der Waals surface area contributed by atoms with E-state index in [0.29, 0.717) is 0 Å². The molecule has 0 saturated carbocycles. The van der Waals surface area contributed by atoms with E-state index in [4.69, 9.17) is 0 Å². The normalized spacial score (nSPS) is 11.0. The van der Waals surface area contributed by atoms with Crippen LogP contribution in [0.25, 0.3) is 22.1 Å². The molecule has 0 bridgehead atoms. The van der Waals surface area contributed by atoms with Crippen molar-refractivity contribution in [1.29, 1.82) is 0 Å². The Morgan fingerprint density at radius 1 is 0.708 bits per heavy atom. The average molecular weight is 386 g/mol. The SMILES string of the molecule is [Cu].c1ccc2[nH]c(CCSCCc3nc4ccccc4[nH]3)nc2c1. The predicted octanol–water partition coefficient (Wildman–Crippen LogP) is 3.96. The molecule has 4 nitrogen and oxygen atoms in total. The first-order chi connectivity index (χ1) is 11.4. The van der Waals surface area contributed by atoms with Gasteiger partial charge in [0.25, 0.3) is 0 Å². The van der Waals surface area contributed by atoms with Gasteiger partial charge in [0.15, 0.2) is 0 Å². The number of nitrogens with one attached hydrogen (secondary N) is 2. The summed E-state index contributed by atoms with van der Waals surface area (Å²) in [5.41, 5.74) is 4.34. The minimum absolute atomic E-state index is 0. The maximum Gasteiger partial charge on any atom is 0.108 e. The van der Waals surface area contributed by atoms with Gasteiger partial charge in [0, 0.05) is 41.4 Å². The minimum atomic E-state index is 0. The molecule has 4 rings (SSSR count). The molecule has 0 unspecified atom stereocenters. The van der Waals surface area contributed by atoms with Gasteiger partial charge in [0.1, 0.15) is 11.6 Å². The molecule has 0 fully saturated rings. The van der Waals surface area contributed by atoms with E-state index in [-0.39, 0.29) is 17.1 Å². The maximum absolute atomic E-state index is 4.61. The van der Waals surface area contributed by atoms with E-state index in [9.17, 15) is 0 Å². The number of rotatable bonds is 6. The summed E-state index contributed by atoms with van der Waals surface area (Å²) in [5, 5.41) is 0. The minimum Gasteiger partial charge on any atom is -0.342 e. The number of nitrogens with zero attached hydrogens (tertiary/aromatic N) is 2. The second kappa shape index (κ2) is 7.88. The van der Waals surface area contributed by atoms with E-state index in [1.54, 1.807) is 0 Å². The molecule has 2 aromatic carbocycles. The number of aryl methyl sites for hydroxylation is 2. The van der Waals surface area contributed by atoms with Gasteiger partial charge < -0.3 is 9.97 Å². The van der Waals surface area contributed by atoms with Gasteiger partial charge in [-0.05, 0) is 24.3 Å². The summed E-state index contributed by atoms with van der Waals surface area (Å²) >= 11 is 1.94. The summed E-state index contributed by atoms with van der Waals surface area (Å²) in [6.07, 6.45) is 1.94. The Bertz CT molecular complexity index is 789. The van der Waals surface area contributed by atoms with Crippen molar-refractivity contribution in [2.75, 3.05) is 11.5 Å². The smallest absolute Gasteiger partial charge is 0.108 e. The number of imidazole rings is 2. The standard InChI is InChI=1S/C18H18N4S.Cu/c1-2-6-14-13(5-1)19-17(20-14)9-11-23-12-10-18-21-15-7-3-4-8-16(15)22-18;/h1-8H,9-12H2,(H,19,20)(H,21,22);. The van der Waals surface area contributed by atoms with Crippen molar-refractivity contribution in [1.82, 2.24) is 19.9 Å². The number of hydrogen-bond donors (Lipinski definition) is 2. The Morgan fingerprint density at radius 2 is 1.17 bits per heavy atom. The third kappa shape index (κ3) is 3.83. The number of aromatic amines is 2. The van der Waals surface area contributed by atoms with Gasteiger partial charge in [-0.1, -0.05) is 24.3 Å². The zero-order chi connectivity index (χ0) is 15.5. The Hall–Kier alpha value is -1.75. The molecule has 1 radical (unpaired) electrons. The Labute approximate surface area is 155 Å². The van der Waals surface area contributed by atoms with Crippen molar-refractivity contribution >= 4 is 33.8 Å². The van der Waals surface area contributed by atoms with Gasteiger partial charge in [-0.15, -0.1) is 0 Å². The molecule has 0 aliphatic carbocycles. The van der Waals surface area contributed by atoms with Gasteiger partial charge in [-0.2, -0.15) is 11.8 Å². The zero-order valence-electron chi connectivity index (χ0n) is 13.1. The second-order valence-corrected chi connectivity index (χ2v) is 6.74. The van der Waals surface area contributed by atoms with E-state index < -0.39 is 0 Å². The van der Waals surface area contributed by atoms with Crippen LogP contribution in [0.2, 0.25) is 0 Å². The zero-order valence-corrected chi connectivity index (χ0v) is 14.8. The molecule has 0 aliphatic rings. The Balaban J connectivity index is 0.00000169. The number of fused-ring (bicyclic) bond motifs is 2. The molecular weight excluding hydrogens is 368 g/mol. The molecule has 2 aromatic heterocycles. The van der Waals surface area contributed by atoms with Crippen LogP contribution in [0.15, 0.2) is 48.5 Å². The summed E-state index contributed by atoms with van der Waals surface area (Å²) in [7, 11) is 0. The van der Waals surface area contributed by atoms with Crippen LogP contribution in [0.4, 0.5) is 0 Å². The molecule has 0 amide bonds. The van der Waals surface area contributed by atoms with Crippen molar-refractivity contribution in [3.05, 3.63) is 60.2 Å². The molecule has 0 aliphatic heterocycles. The van der Waals surface area contributed by atoms with Crippen LogP contribution in [-0.4, -0.2) is 31.4 Å².